The average Bonchev–Trinajstić information content (AvgIpc) is 2.97. The van der Waals surface area contributed by atoms with Crippen LogP contribution >= 0.6 is 11.8 Å². The summed E-state index contributed by atoms with van der Waals surface area (Å²) in [5.74, 6) is -1.44. The van der Waals surface area contributed by atoms with E-state index in [0.29, 0.717) is 10.8 Å². The lowest BCUT2D eigenvalue weighted by molar-refractivity contribution is 0.495. The first-order chi connectivity index (χ1) is 9.11. The minimum absolute atomic E-state index is 0.110. The number of hydrogen-bond donors (Lipinski definition) is 1. The fourth-order valence-corrected chi connectivity index (χ4v) is 3.66. The molecule has 1 heterocycles. The lowest BCUT2D eigenvalue weighted by atomic mass is 10.2. The van der Waals surface area contributed by atoms with E-state index in [1.165, 1.54) is 6.07 Å². The molecule has 2 unspecified atom stereocenters. The molecule has 0 bridgehead atoms. The summed E-state index contributed by atoms with van der Waals surface area (Å²) in [7, 11) is 0. The third-order valence-electron chi connectivity index (χ3n) is 3.83. The summed E-state index contributed by atoms with van der Waals surface area (Å²) < 4.78 is 29.1. The zero-order valence-electron chi connectivity index (χ0n) is 10.6. The molecule has 3 rings (SSSR count). The van der Waals surface area contributed by atoms with Gasteiger partial charge in [-0.1, -0.05) is 0 Å². The number of anilines is 1. The molecular formula is C13H15F2N3S. The van der Waals surface area contributed by atoms with E-state index >= 15 is 0 Å². The summed E-state index contributed by atoms with van der Waals surface area (Å²) in [6.45, 7) is 0. The van der Waals surface area contributed by atoms with Gasteiger partial charge in [-0.3, -0.25) is 0 Å². The number of benzene rings is 1. The van der Waals surface area contributed by atoms with Crippen molar-refractivity contribution in [2.24, 2.45) is 0 Å². The van der Waals surface area contributed by atoms with Crippen LogP contribution in [-0.2, 0) is 0 Å². The maximum atomic E-state index is 14.0. The molecule has 1 aromatic heterocycles. The van der Waals surface area contributed by atoms with Gasteiger partial charge in [0, 0.05) is 11.3 Å². The van der Waals surface area contributed by atoms with E-state index in [9.17, 15) is 8.78 Å². The molecule has 0 aliphatic heterocycles. The Balaban J connectivity index is 2.13. The van der Waals surface area contributed by atoms with Gasteiger partial charge in [-0.15, -0.1) is 0 Å². The van der Waals surface area contributed by atoms with Crippen LogP contribution in [0.1, 0.15) is 25.3 Å². The molecule has 2 aromatic rings. The number of rotatable bonds is 2. The average molecular weight is 283 g/mol. The SMILES string of the molecule is CSC1CCC(n2c(N)nc3ccc(F)c(F)c32)C1. The third kappa shape index (κ3) is 1.98. The van der Waals surface area contributed by atoms with Gasteiger partial charge in [-0.25, -0.2) is 13.8 Å². The van der Waals surface area contributed by atoms with Gasteiger partial charge in [-0.05, 0) is 37.7 Å². The van der Waals surface area contributed by atoms with Gasteiger partial charge in [-0.2, -0.15) is 11.8 Å². The lowest BCUT2D eigenvalue weighted by Crippen LogP contribution is -2.10. The Morgan fingerprint density at radius 2 is 2.16 bits per heavy atom. The van der Waals surface area contributed by atoms with Crippen LogP contribution in [0, 0.1) is 11.6 Å². The molecular weight excluding hydrogens is 268 g/mol. The predicted octanol–water partition coefficient (Wildman–Crippen LogP) is 3.35. The van der Waals surface area contributed by atoms with Crippen LogP contribution in [0.15, 0.2) is 12.1 Å². The van der Waals surface area contributed by atoms with Crippen molar-refractivity contribution in [2.45, 2.75) is 30.6 Å². The second kappa shape index (κ2) is 4.67. The molecule has 1 saturated carbocycles. The van der Waals surface area contributed by atoms with Crippen LogP contribution in [0.25, 0.3) is 11.0 Å². The first kappa shape index (κ1) is 12.7. The molecule has 0 amide bonds. The second-order valence-corrected chi connectivity index (χ2v) is 6.03. The summed E-state index contributed by atoms with van der Waals surface area (Å²) in [6, 6.07) is 2.67. The normalized spacial score (nSPS) is 23.3. The summed E-state index contributed by atoms with van der Waals surface area (Å²) in [5, 5.41) is 0.554. The van der Waals surface area contributed by atoms with Gasteiger partial charge in [0.05, 0.1) is 5.52 Å². The minimum atomic E-state index is -0.854. The number of fused-ring (bicyclic) bond motifs is 1. The molecule has 0 radical (unpaired) electrons. The highest BCUT2D eigenvalue weighted by molar-refractivity contribution is 7.99. The van der Waals surface area contributed by atoms with E-state index in [1.807, 2.05) is 11.8 Å². The van der Waals surface area contributed by atoms with Gasteiger partial charge in [0.1, 0.15) is 5.52 Å². The van der Waals surface area contributed by atoms with Crippen molar-refractivity contribution in [3.05, 3.63) is 23.8 Å². The first-order valence-electron chi connectivity index (χ1n) is 6.26. The Morgan fingerprint density at radius 1 is 1.37 bits per heavy atom. The zero-order valence-corrected chi connectivity index (χ0v) is 11.4. The molecule has 1 aliphatic carbocycles. The fraction of sp³-hybridized carbons (Fsp3) is 0.462. The molecule has 1 fully saturated rings. The predicted molar refractivity (Wildman–Crippen MR) is 74.3 cm³/mol. The third-order valence-corrected chi connectivity index (χ3v) is 4.92. The van der Waals surface area contributed by atoms with Gasteiger partial charge in [0.25, 0.3) is 0 Å². The maximum Gasteiger partial charge on any atom is 0.201 e. The fourth-order valence-electron chi connectivity index (χ4n) is 2.88. The van der Waals surface area contributed by atoms with Gasteiger partial charge in [0.2, 0.25) is 5.95 Å². The van der Waals surface area contributed by atoms with Crippen LogP contribution in [-0.4, -0.2) is 21.1 Å². The Hall–Kier alpha value is -1.30. The Kier molecular flexibility index (Phi) is 3.12. The quantitative estimate of drug-likeness (QED) is 0.919. The number of nitrogen functional groups attached to an aromatic ring is 1. The molecule has 19 heavy (non-hydrogen) atoms. The van der Waals surface area contributed by atoms with E-state index in [0.717, 1.165) is 25.3 Å². The van der Waals surface area contributed by atoms with Gasteiger partial charge in [0.15, 0.2) is 11.6 Å². The first-order valence-corrected chi connectivity index (χ1v) is 7.54. The standard InChI is InChI=1S/C13H15F2N3S/c1-19-8-3-2-7(6-8)18-12-10(17-13(18)16)5-4-9(14)11(12)15/h4-5,7-8H,2-3,6H2,1H3,(H2,16,17). The summed E-state index contributed by atoms with van der Waals surface area (Å²) in [6.07, 6.45) is 4.99. The number of hydrogen-bond acceptors (Lipinski definition) is 3. The zero-order chi connectivity index (χ0) is 13.6. The van der Waals surface area contributed by atoms with E-state index in [4.69, 9.17) is 5.73 Å². The van der Waals surface area contributed by atoms with Crippen LogP contribution < -0.4 is 5.73 Å². The number of imidazole rings is 1. The molecule has 1 aromatic carbocycles. The summed E-state index contributed by atoms with van der Waals surface area (Å²) in [5.41, 5.74) is 6.51. The van der Waals surface area contributed by atoms with Crippen molar-refractivity contribution >= 4 is 28.7 Å². The van der Waals surface area contributed by atoms with E-state index in [2.05, 4.69) is 11.2 Å². The number of nitrogens with two attached hydrogens (primary N) is 1. The Morgan fingerprint density at radius 3 is 2.84 bits per heavy atom. The largest absolute Gasteiger partial charge is 0.369 e. The number of thioether (sulfide) groups is 1. The molecule has 0 saturated heterocycles. The highest BCUT2D eigenvalue weighted by atomic mass is 32.2. The maximum absolute atomic E-state index is 14.0. The monoisotopic (exact) mass is 283 g/mol. The molecule has 102 valence electrons. The molecule has 1 aliphatic rings. The highest BCUT2D eigenvalue weighted by Crippen LogP contribution is 2.39. The van der Waals surface area contributed by atoms with Crippen LogP contribution in [0.5, 0.6) is 0 Å². The lowest BCUT2D eigenvalue weighted by Gasteiger charge is -2.15. The van der Waals surface area contributed by atoms with E-state index in [1.54, 1.807) is 4.57 Å². The number of nitrogens with zero attached hydrogens (tertiary/aromatic N) is 2. The summed E-state index contributed by atoms with van der Waals surface area (Å²) >= 11 is 1.81. The van der Waals surface area contributed by atoms with E-state index < -0.39 is 11.6 Å². The minimum Gasteiger partial charge on any atom is -0.369 e. The second-order valence-electron chi connectivity index (χ2n) is 4.89. The molecule has 2 N–H and O–H groups in total. The van der Waals surface area contributed by atoms with Crippen molar-refractivity contribution in [3.8, 4) is 0 Å². The van der Waals surface area contributed by atoms with Crippen molar-refractivity contribution in [2.75, 3.05) is 12.0 Å². The molecule has 3 nitrogen and oxygen atoms in total. The highest BCUT2D eigenvalue weighted by Gasteiger charge is 2.29. The van der Waals surface area contributed by atoms with Crippen molar-refractivity contribution in [1.29, 1.82) is 0 Å². The molecule has 6 heteroatoms. The Bertz CT molecular complexity index is 626. The van der Waals surface area contributed by atoms with Crippen molar-refractivity contribution < 1.29 is 8.78 Å². The van der Waals surface area contributed by atoms with Crippen LogP contribution in [0.2, 0.25) is 0 Å². The number of halogens is 2. The number of aromatic nitrogens is 2. The van der Waals surface area contributed by atoms with Gasteiger partial charge < -0.3 is 10.3 Å². The van der Waals surface area contributed by atoms with Crippen molar-refractivity contribution in [1.82, 2.24) is 9.55 Å². The molecule has 2 atom stereocenters. The van der Waals surface area contributed by atoms with Crippen LogP contribution in [0.4, 0.5) is 14.7 Å². The van der Waals surface area contributed by atoms with Crippen molar-refractivity contribution in [3.63, 3.8) is 0 Å². The van der Waals surface area contributed by atoms with Crippen LogP contribution in [0.3, 0.4) is 0 Å². The van der Waals surface area contributed by atoms with Gasteiger partial charge >= 0.3 is 0 Å². The molecule has 0 spiro atoms. The Labute approximate surface area is 114 Å². The summed E-state index contributed by atoms with van der Waals surface area (Å²) in [4.78, 5) is 4.14. The smallest absolute Gasteiger partial charge is 0.201 e. The van der Waals surface area contributed by atoms with E-state index in [-0.39, 0.29) is 17.5 Å². The topological polar surface area (TPSA) is 43.8 Å².